The van der Waals surface area contributed by atoms with Crippen molar-refractivity contribution in [1.29, 1.82) is 0 Å². The quantitative estimate of drug-likeness (QED) is 0.410. The predicted molar refractivity (Wildman–Crippen MR) is 36.8 cm³/mol. The van der Waals surface area contributed by atoms with Crippen LogP contribution in [0.2, 0.25) is 0 Å². The van der Waals surface area contributed by atoms with E-state index in [9.17, 15) is 0 Å². The molecule has 0 bridgehead atoms. The van der Waals surface area contributed by atoms with Gasteiger partial charge in [-0.2, -0.15) is 0 Å². The molecule has 0 aliphatic heterocycles. The van der Waals surface area contributed by atoms with Crippen LogP contribution in [0.1, 0.15) is 0 Å². The second kappa shape index (κ2) is 74.5. The van der Waals surface area contributed by atoms with Gasteiger partial charge in [0.05, 0.1) is 0 Å². The minimum Gasteiger partial charge on any atom is -2.00 e. The van der Waals surface area contributed by atoms with Gasteiger partial charge in [-0.15, -0.1) is 0 Å². The summed E-state index contributed by atoms with van der Waals surface area (Å²) in [6, 6.07) is 0. The molecule has 0 aliphatic carbocycles. The summed E-state index contributed by atoms with van der Waals surface area (Å²) in [4.78, 5) is 0. The van der Waals surface area contributed by atoms with Crippen LogP contribution in [0.15, 0.2) is 0 Å². The molecule has 40 valence electrons. The molecule has 0 aromatic rings. The zero-order valence-electron chi connectivity index (χ0n) is 3.99. The summed E-state index contributed by atoms with van der Waals surface area (Å²) in [7, 11) is 0. The largest absolute Gasteiger partial charge is 5.00 e. The Morgan fingerprint density at radius 2 is 0.500 bits per heavy atom. The van der Waals surface area contributed by atoms with E-state index in [0.29, 0.717) is 0 Å². The van der Waals surface area contributed by atoms with Gasteiger partial charge < -0.3 is 67.5 Å². The van der Waals surface area contributed by atoms with Gasteiger partial charge in [-0.05, 0) is 0 Å². The Morgan fingerprint density at radius 3 is 0.500 bits per heavy atom. The van der Waals surface area contributed by atoms with E-state index >= 15 is 0 Å². The molecule has 0 nitrogen and oxygen atoms in total. The molecule has 0 fully saturated rings. The average molecular weight is 266 g/mol. The van der Waals surface area contributed by atoms with Crippen molar-refractivity contribution in [2.75, 3.05) is 0 Å². The Bertz CT molecular complexity index is 12.4. The van der Waals surface area contributed by atoms with E-state index in [0.717, 1.165) is 0 Å². The van der Waals surface area contributed by atoms with Gasteiger partial charge in [0, 0.05) is 0 Å². The molecule has 0 atom stereocenters. The average Bonchev–Trinajstić information content (AvgIpc) is 0. The van der Waals surface area contributed by atoms with Gasteiger partial charge in [-0.3, -0.25) is 0 Å². The maximum atomic E-state index is 0. The maximum Gasteiger partial charge on any atom is 5.00 e. The van der Waals surface area contributed by atoms with Crippen molar-refractivity contribution in [3.8, 4) is 0 Å². The molecule has 0 aromatic heterocycles. The van der Waals surface area contributed by atoms with Crippen LogP contribution >= 0.6 is 0 Å². The van der Waals surface area contributed by atoms with Crippen LogP contribution < -0.4 is 18.9 Å². The molecule has 0 unspecified atom stereocenters. The molecular weight excluding hydrogens is 266 g/mol. The monoisotopic (exact) mass is 266 g/mol. The van der Waals surface area contributed by atoms with Crippen LogP contribution in [0.4, 0.5) is 0 Å². The van der Waals surface area contributed by atoms with Gasteiger partial charge in [0.1, 0.15) is 0 Å². The summed E-state index contributed by atoms with van der Waals surface area (Å²) in [6.07, 6.45) is 0. The van der Waals surface area contributed by atoms with E-state index < -0.39 is 0 Å². The minimum absolute atomic E-state index is 0. The van der Waals surface area contributed by atoms with Crippen molar-refractivity contribution >= 4 is 67.5 Å². The Morgan fingerprint density at radius 1 is 0.500 bits per heavy atom. The van der Waals surface area contributed by atoms with Crippen molar-refractivity contribution in [2.45, 2.75) is 0 Å². The first kappa shape index (κ1) is 99.3. The van der Waals surface area contributed by atoms with E-state index in [4.69, 9.17) is 0 Å². The summed E-state index contributed by atoms with van der Waals surface area (Å²) in [5.74, 6) is 0. The second-order valence-corrected chi connectivity index (χ2v) is 0. The molecule has 0 saturated heterocycles. The Balaban J connectivity index is 0. The second-order valence-electron chi connectivity index (χ2n) is 0. The van der Waals surface area contributed by atoms with Gasteiger partial charge in [-0.25, -0.2) is 0 Å². The Labute approximate surface area is 125 Å². The zero-order valence-corrected chi connectivity index (χ0v) is 11.0. The van der Waals surface area contributed by atoms with E-state index in [1.54, 1.807) is 0 Å². The molecule has 0 rings (SSSR count). The van der Waals surface area contributed by atoms with Gasteiger partial charge in [0.2, 0.25) is 0 Å². The SMILES string of the molecule is [Li+].[S-2].[S-2].[S-2].[S-2].[S-2].[Ti+4].[V+5]. The van der Waals surface area contributed by atoms with Gasteiger partial charge in [-0.1, -0.05) is 0 Å². The van der Waals surface area contributed by atoms with Crippen LogP contribution in [0, 0.1) is 0 Å². The third-order valence-electron chi connectivity index (χ3n) is 0. The number of rotatable bonds is 0. The number of hydrogen-bond acceptors (Lipinski definition) is 0. The fourth-order valence-corrected chi connectivity index (χ4v) is 0. The summed E-state index contributed by atoms with van der Waals surface area (Å²) in [5, 5.41) is 0. The molecule has 0 N–H and O–H groups in total. The van der Waals surface area contributed by atoms with Crippen molar-refractivity contribution in [3.63, 3.8) is 0 Å². The van der Waals surface area contributed by atoms with E-state index in [2.05, 4.69) is 0 Å². The summed E-state index contributed by atoms with van der Waals surface area (Å²) in [6.45, 7) is 0. The van der Waals surface area contributed by atoms with Crippen LogP contribution in [0.25, 0.3) is 0 Å². The van der Waals surface area contributed by atoms with E-state index in [1.807, 2.05) is 0 Å². The molecule has 0 amide bonds. The standard InChI is InChI=1S/Li.5S.Ti.V/q+1;5*-2;+4;+5. The zero-order chi connectivity index (χ0) is 0. The molecule has 0 heterocycles. The smallest absolute Gasteiger partial charge is 2.00 e. The van der Waals surface area contributed by atoms with Crippen LogP contribution in [-0.4, -0.2) is 0 Å². The van der Waals surface area contributed by atoms with Crippen LogP contribution in [0.3, 0.4) is 0 Å². The Hall–Kier alpha value is 3.65. The molecular formula is LiS5TiV. The fraction of sp³-hybridized carbons (Fsp3) is 0. The maximum absolute atomic E-state index is 0. The van der Waals surface area contributed by atoms with Crippen molar-refractivity contribution in [1.82, 2.24) is 0 Å². The molecule has 0 spiro atoms. The van der Waals surface area contributed by atoms with Crippen molar-refractivity contribution in [2.24, 2.45) is 0 Å². The molecule has 8 heavy (non-hydrogen) atoms. The van der Waals surface area contributed by atoms with E-state index in [-0.39, 0.29) is 127 Å². The topological polar surface area (TPSA) is 0 Å². The first-order chi connectivity index (χ1) is 0. The third-order valence-corrected chi connectivity index (χ3v) is 0. The van der Waals surface area contributed by atoms with Crippen molar-refractivity contribution < 1.29 is 59.1 Å². The van der Waals surface area contributed by atoms with E-state index in [1.165, 1.54) is 0 Å². The molecule has 0 aliphatic rings. The first-order valence-electron chi connectivity index (χ1n) is 0. The van der Waals surface area contributed by atoms with Gasteiger partial charge in [0.15, 0.2) is 0 Å². The van der Waals surface area contributed by atoms with Crippen LogP contribution in [-0.2, 0) is 108 Å². The molecule has 8 heteroatoms. The minimum atomic E-state index is 0. The fourth-order valence-electron chi connectivity index (χ4n) is 0. The third kappa shape index (κ3) is 54.2. The molecule has 0 saturated carbocycles. The van der Waals surface area contributed by atoms with Gasteiger partial charge >= 0.3 is 59.1 Å². The number of hydrogen-bond donors (Lipinski definition) is 0. The first-order valence-corrected chi connectivity index (χ1v) is 0. The summed E-state index contributed by atoms with van der Waals surface area (Å²) >= 11 is 0. The van der Waals surface area contributed by atoms with Gasteiger partial charge in [0.25, 0.3) is 0 Å². The summed E-state index contributed by atoms with van der Waals surface area (Å²) < 4.78 is 0. The van der Waals surface area contributed by atoms with Crippen molar-refractivity contribution in [3.05, 3.63) is 0 Å². The predicted octanol–water partition coefficient (Wildman–Crippen LogP) is -3.01. The Kier molecular flexibility index (Phi) is 925. The normalized spacial score (nSPS) is 0. The molecule has 0 aromatic carbocycles. The summed E-state index contributed by atoms with van der Waals surface area (Å²) in [5.41, 5.74) is 0. The van der Waals surface area contributed by atoms with Crippen LogP contribution in [0.5, 0.6) is 0 Å². The molecule has 0 radical (unpaired) electrons.